The largest absolute Gasteiger partial charge is 0.348 e. The van der Waals surface area contributed by atoms with E-state index in [-0.39, 0.29) is 17.5 Å². The summed E-state index contributed by atoms with van der Waals surface area (Å²) in [6, 6.07) is 3.77. The lowest BCUT2D eigenvalue weighted by Crippen LogP contribution is -2.47. The molecule has 3 heterocycles. The van der Waals surface area contributed by atoms with Crippen LogP contribution in [-0.2, 0) is 20.6 Å². The van der Waals surface area contributed by atoms with Crippen molar-refractivity contribution in [2.45, 2.75) is 25.4 Å². The zero-order valence-electron chi connectivity index (χ0n) is 14.1. The van der Waals surface area contributed by atoms with E-state index in [2.05, 4.69) is 15.3 Å². The van der Waals surface area contributed by atoms with Crippen LogP contribution in [0.5, 0.6) is 0 Å². The second-order valence-corrected chi connectivity index (χ2v) is 6.43. The van der Waals surface area contributed by atoms with E-state index in [4.69, 9.17) is 0 Å². The van der Waals surface area contributed by atoms with E-state index < -0.39 is 0 Å². The van der Waals surface area contributed by atoms with Gasteiger partial charge in [0.2, 0.25) is 0 Å². The summed E-state index contributed by atoms with van der Waals surface area (Å²) >= 11 is 0. The topological polar surface area (TPSA) is 72.2 Å². The van der Waals surface area contributed by atoms with E-state index in [0.717, 1.165) is 38.0 Å². The molecule has 128 valence electrons. The Morgan fingerprint density at radius 1 is 1.42 bits per heavy atom. The summed E-state index contributed by atoms with van der Waals surface area (Å²) in [6.07, 6.45) is 7.09. The molecule has 3 rings (SSSR count). The fraction of sp³-hybridized carbons (Fsp3) is 0.471. The van der Waals surface area contributed by atoms with Gasteiger partial charge in [0.15, 0.2) is 0 Å². The van der Waals surface area contributed by atoms with Crippen molar-refractivity contribution in [1.29, 1.82) is 0 Å². The van der Waals surface area contributed by atoms with Gasteiger partial charge in [0.05, 0.1) is 11.8 Å². The Labute approximate surface area is 140 Å². The maximum Gasteiger partial charge on any atom is 0.254 e. The number of aromatic nitrogens is 3. The molecule has 0 radical (unpaired) electrons. The number of nitrogens with one attached hydrogen (secondary N) is 1. The lowest BCUT2D eigenvalue weighted by molar-refractivity contribution is 0.0900. The van der Waals surface area contributed by atoms with Crippen LogP contribution < -0.4 is 10.9 Å². The van der Waals surface area contributed by atoms with Crippen LogP contribution in [0, 0.1) is 0 Å². The second-order valence-electron chi connectivity index (χ2n) is 6.43. The molecule has 2 aromatic heterocycles. The first kappa shape index (κ1) is 16.4. The normalized spacial score (nSPS) is 18.5. The Bertz CT molecular complexity index is 779. The smallest absolute Gasteiger partial charge is 0.254 e. The van der Waals surface area contributed by atoms with Gasteiger partial charge < -0.3 is 9.88 Å². The van der Waals surface area contributed by atoms with Crippen LogP contribution >= 0.6 is 0 Å². The molecular weight excluding hydrogens is 306 g/mol. The van der Waals surface area contributed by atoms with Crippen molar-refractivity contribution < 1.29 is 4.79 Å². The van der Waals surface area contributed by atoms with Gasteiger partial charge in [-0.05, 0) is 31.0 Å². The molecule has 0 bridgehead atoms. The van der Waals surface area contributed by atoms with Gasteiger partial charge >= 0.3 is 0 Å². The molecule has 0 spiro atoms. The minimum Gasteiger partial charge on any atom is -0.348 e. The molecule has 1 saturated heterocycles. The first-order chi connectivity index (χ1) is 11.5. The number of carbonyl (C=O) groups excluding carboxylic acids is 1. The van der Waals surface area contributed by atoms with Gasteiger partial charge in [-0.1, -0.05) is 0 Å². The molecule has 0 saturated carbocycles. The molecule has 24 heavy (non-hydrogen) atoms. The van der Waals surface area contributed by atoms with Gasteiger partial charge in [0.25, 0.3) is 11.5 Å². The molecule has 1 fully saturated rings. The SMILES string of the molecule is Cn1cc(C(=O)NC2CCCN(Cc3ccn(C)c(=O)c3)C2)cn1. The van der Waals surface area contributed by atoms with Gasteiger partial charge in [-0.15, -0.1) is 0 Å². The van der Waals surface area contributed by atoms with Crippen LogP contribution in [-0.4, -0.2) is 44.3 Å². The molecule has 1 N–H and O–H groups in total. The Morgan fingerprint density at radius 3 is 2.96 bits per heavy atom. The Kier molecular flexibility index (Phi) is 4.80. The Hall–Kier alpha value is -2.41. The van der Waals surface area contributed by atoms with E-state index in [1.807, 2.05) is 6.07 Å². The van der Waals surface area contributed by atoms with E-state index in [9.17, 15) is 9.59 Å². The van der Waals surface area contributed by atoms with Gasteiger partial charge in [-0.25, -0.2) is 0 Å². The minimum atomic E-state index is -0.0801. The number of likely N-dealkylation sites (tertiary alicyclic amines) is 1. The number of aryl methyl sites for hydroxylation is 2. The van der Waals surface area contributed by atoms with Crippen LogP contribution in [0.1, 0.15) is 28.8 Å². The van der Waals surface area contributed by atoms with Gasteiger partial charge in [0.1, 0.15) is 0 Å². The standard InChI is InChI=1S/C17H23N5O2/c1-20-7-5-13(8-16(20)23)10-22-6-3-4-15(12-22)19-17(24)14-9-18-21(2)11-14/h5,7-9,11,15H,3-4,6,10,12H2,1-2H3,(H,19,24). The minimum absolute atomic E-state index is 0.00550. The third-order valence-electron chi connectivity index (χ3n) is 4.38. The van der Waals surface area contributed by atoms with Crippen LogP contribution in [0.4, 0.5) is 0 Å². The first-order valence-corrected chi connectivity index (χ1v) is 8.18. The zero-order chi connectivity index (χ0) is 17.1. The highest BCUT2D eigenvalue weighted by molar-refractivity contribution is 5.93. The summed E-state index contributed by atoms with van der Waals surface area (Å²) < 4.78 is 3.19. The average Bonchev–Trinajstić information content (AvgIpc) is 2.98. The Balaban J connectivity index is 1.58. The lowest BCUT2D eigenvalue weighted by atomic mass is 10.0. The number of amides is 1. The maximum absolute atomic E-state index is 12.2. The van der Waals surface area contributed by atoms with Crippen molar-refractivity contribution in [3.63, 3.8) is 0 Å². The molecule has 1 unspecified atom stereocenters. The monoisotopic (exact) mass is 329 g/mol. The van der Waals surface area contributed by atoms with Gasteiger partial charge in [-0.2, -0.15) is 5.10 Å². The Morgan fingerprint density at radius 2 is 2.25 bits per heavy atom. The first-order valence-electron chi connectivity index (χ1n) is 8.18. The predicted octanol–water partition coefficient (Wildman–Crippen LogP) is 0.513. The average molecular weight is 329 g/mol. The van der Waals surface area contributed by atoms with Crippen molar-refractivity contribution in [2.24, 2.45) is 14.1 Å². The summed E-state index contributed by atoms with van der Waals surface area (Å²) in [5.41, 5.74) is 1.60. The lowest BCUT2D eigenvalue weighted by Gasteiger charge is -2.33. The molecule has 1 amide bonds. The fourth-order valence-corrected chi connectivity index (χ4v) is 3.07. The van der Waals surface area contributed by atoms with Gasteiger partial charge in [-0.3, -0.25) is 19.2 Å². The maximum atomic E-state index is 12.2. The number of hydrogen-bond donors (Lipinski definition) is 1. The molecule has 1 atom stereocenters. The summed E-state index contributed by atoms with van der Waals surface area (Å²) in [5, 5.41) is 7.12. The highest BCUT2D eigenvalue weighted by Gasteiger charge is 2.22. The van der Waals surface area contributed by atoms with E-state index >= 15 is 0 Å². The molecule has 1 aliphatic rings. The number of piperidine rings is 1. The van der Waals surface area contributed by atoms with Crippen LogP contribution in [0.15, 0.2) is 35.5 Å². The molecular formula is C17H23N5O2. The number of nitrogens with zero attached hydrogens (tertiary/aromatic N) is 4. The van der Waals surface area contributed by atoms with E-state index in [1.54, 1.807) is 48.0 Å². The highest BCUT2D eigenvalue weighted by atomic mass is 16.1. The summed E-state index contributed by atoms with van der Waals surface area (Å²) in [4.78, 5) is 26.3. The molecule has 7 heteroatoms. The summed E-state index contributed by atoms with van der Waals surface area (Å²) in [5.74, 6) is -0.0801. The second kappa shape index (κ2) is 7.00. The van der Waals surface area contributed by atoms with Crippen LogP contribution in [0.3, 0.4) is 0 Å². The van der Waals surface area contributed by atoms with E-state index in [0.29, 0.717) is 5.56 Å². The van der Waals surface area contributed by atoms with Crippen molar-refractivity contribution in [3.8, 4) is 0 Å². The summed E-state index contributed by atoms with van der Waals surface area (Å²) in [6.45, 7) is 2.50. The molecule has 1 aliphatic heterocycles. The van der Waals surface area contributed by atoms with Crippen molar-refractivity contribution >= 4 is 5.91 Å². The highest BCUT2D eigenvalue weighted by Crippen LogP contribution is 2.13. The third-order valence-corrected chi connectivity index (χ3v) is 4.38. The van der Waals surface area contributed by atoms with Gasteiger partial charge in [0, 0.05) is 51.7 Å². The number of pyridine rings is 1. The molecule has 0 aliphatic carbocycles. The summed E-state index contributed by atoms with van der Waals surface area (Å²) in [7, 11) is 3.54. The van der Waals surface area contributed by atoms with Crippen LogP contribution in [0.2, 0.25) is 0 Å². The van der Waals surface area contributed by atoms with Crippen molar-refractivity contribution in [3.05, 3.63) is 52.2 Å². The van der Waals surface area contributed by atoms with Crippen molar-refractivity contribution in [2.75, 3.05) is 13.1 Å². The number of carbonyl (C=O) groups is 1. The van der Waals surface area contributed by atoms with Crippen molar-refractivity contribution in [1.82, 2.24) is 24.6 Å². The predicted molar refractivity (Wildman–Crippen MR) is 90.7 cm³/mol. The number of hydrogen-bond acceptors (Lipinski definition) is 4. The van der Waals surface area contributed by atoms with E-state index in [1.165, 1.54) is 0 Å². The molecule has 7 nitrogen and oxygen atoms in total. The molecule has 0 aromatic carbocycles. The fourth-order valence-electron chi connectivity index (χ4n) is 3.07. The third kappa shape index (κ3) is 3.91. The quantitative estimate of drug-likeness (QED) is 0.887. The number of rotatable bonds is 4. The zero-order valence-corrected chi connectivity index (χ0v) is 14.1. The molecule has 2 aromatic rings. The van der Waals surface area contributed by atoms with Crippen LogP contribution in [0.25, 0.3) is 0 Å².